The fraction of sp³-hybridized carbons (Fsp3) is 0.130. The summed E-state index contributed by atoms with van der Waals surface area (Å²) in [7, 11) is 0. The van der Waals surface area contributed by atoms with Crippen LogP contribution in [0, 0.1) is 0 Å². The molecule has 6 heteroatoms. The SMILES string of the molecule is O=C(NCCCNC(=O)c1cc2ccccc2cn1)c1cc2ccccc2cn1. The van der Waals surface area contributed by atoms with E-state index in [9.17, 15) is 9.59 Å². The number of hydrogen-bond acceptors (Lipinski definition) is 4. The van der Waals surface area contributed by atoms with Crippen LogP contribution in [0.1, 0.15) is 27.4 Å². The van der Waals surface area contributed by atoms with Gasteiger partial charge in [-0.25, -0.2) is 0 Å². The standard InChI is InChI=1S/C23H20N4O2/c28-22(20-12-16-6-1-3-8-18(16)14-26-20)24-10-5-11-25-23(29)21-13-17-7-2-4-9-19(17)15-27-21/h1-4,6-9,12-15H,5,10-11H2,(H,24,28)(H,25,29). The van der Waals surface area contributed by atoms with Gasteiger partial charge in [0.1, 0.15) is 11.4 Å². The minimum atomic E-state index is -0.224. The summed E-state index contributed by atoms with van der Waals surface area (Å²) in [6, 6.07) is 19.1. The second kappa shape index (κ2) is 8.48. The van der Waals surface area contributed by atoms with Gasteiger partial charge in [0.2, 0.25) is 0 Å². The topological polar surface area (TPSA) is 84.0 Å². The number of fused-ring (bicyclic) bond motifs is 2. The number of hydrogen-bond donors (Lipinski definition) is 2. The third-order valence-corrected chi connectivity index (χ3v) is 4.65. The highest BCUT2D eigenvalue weighted by molar-refractivity contribution is 5.97. The van der Waals surface area contributed by atoms with Gasteiger partial charge in [-0.1, -0.05) is 48.5 Å². The van der Waals surface area contributed by atoms with E-state index >= 15 is 0 Å². The Kier molecular flexibility index (Phi) is 5.42. The second-order valence-corrected chi connectivity index (χ2v) is 6.70. The van der Waals surface area contributed by atoms with Crippen molar-refractivity contribution in [3.63, 3.8) is 0 Å². The highest BCUT2D eigenvalue weighted by Gasteiger charge is 2.09. The normalized spacial score (nSPS) is 10.8. The molecule has 0 saturated heterocycles. The van der Waals surface area contributed by atoms with Gasteiger partial charge in [0.05, 0.1) is 0 Å². The Hall–Kier alpha value is -3.80. The molecule has 0 fully saturated rings. The molecule has 0 unspecified atom stereocenters. The number of nitrogens with zero attached hydrogens (tertiary/aromatic N) is 2. The molecule has 0 aliphatic heterocycles. The summed E-state index contributed by atoms with van der Waals surface area (Å²) in [6.07, 6.45) is 4.00. The Morgan fingerprint density at radius 2 is 1.07 bits per heavy atom. The summed E-state index contributed by atoms with van der Waals surface area (Å²) < 4.78 is 0. The maximum absolute atomic E-state index is 12.3. The highest BCUT2D eigenvalue weighted by Crippen LogP contribution is 2.14. The number of nitrogens with one attached hydrogen (secondary N) is 2. The molecule has 2 N–H and O–H groups in total. The van der Waals surface area contributed by atoms with Crippen LogP contribution >= 0.6 is 0 Å². The fourth-order valence-corrected chi connectivity index (χ4v) is 3.09. The van der Waals surface area contributed by atoms with Gasteiger partial charge < -0.3 is 10.6 Å². The summed E-state index contributed by atoms with van der Waals surface area (Å²) in [4.78, 5) is 32.9. The zero-order valence-electron chi connectivity index (χ0n) is 15.8. The van der Waals surface area contributed by atoms with Crippen LogP contribution < -0.4 is 10.6 Å². The summed E-state index contributed by atoms with van der Waals surface area (Å²) in [5.74, 6) is -0.448. The van der Waals surface area contributed by atoms with Crippen LogP contribution in [-0.4, -0.2) is 34.9 Å². The lowest BCUT2D eigenvalue weighted by Crippen LogP contribution is -2.30. The third-order valence-electron chi connectivity index (χ3n) is 4.65. The Bertz CT molecular complexity index is 1100. The van der Waals surface area contributed by atoms with Crippen LogP contribution in [0.25, 0.3) is 21.5 Å². The van der Waals surface area contributed by atoms with Gasteiger partial charge in [0.15, 0.2) is 0 Å². The van der Waals surface area contributed by atoms with E-state index in [1.807, 2.05) is 48.5 Å². The molecule has 0 atom stereocenters. The first-order valence-electron chi connectivity index (χ1n) is 9.47. The van der Waals surface area contributed by atoms with Crippen molar-refractivity contribution in [3.8, 4) is 0 Å². The lowest BCUT2D eigenvalue weighted by Gasteiger charge is -2.07. The number of amides is 2. The number of carbonyl (C=O) groups is 2. The van der Waals surface area contributed by atoms with Gasteiger partial charge in [-0.2, -0.15) is 0 Å². The minimum absolute atomic E-state index is 0.224. The van der Waals surface area contributed by atoms with E-state index in [1.54, 1.807) is 24.5 Å². The monoisotopic (exact) mass is 384 g/mol. The average molecular weight is 384 g/mol. The molecule has 2 heterocycles. The van der Waals surface area contributed by atoms with Crippen LogP contribution in [0.3, 0.4) is 0 Å². The number of carbonyl (C=O) groups excluding carboxylic acids is 2. The molecule has 0 spiro atoms. The first kappa shape index (κ1) is 18.6. The van der Waals surface area contributed by atoms with Crippen molar-refractivity contribution in [2.24, 2.45) is 0 Å². The summed E-state index contributed by atoms with van der Waals surface area (Å²) >= 11 is 0. The lowest BCUT2D eigenvalue weighted by molar-refractivity contribution is 0.0947. The average Bonchev–Trinajstić information content (AvgIpc) is 2.77. The molecular formula is C23H20N4O2. The number of benzene rings is 2. The van der Waals surface area contributed by atoms with E-state index in [0.717, 1.165) is 21.5 Å². The third kappa shape index (κ3) is 4.38. The van der Waals surface area contributed by atoms with Crippen LogP contribution in [0.2, 0.25) is 0 Å². The van der Waals surface area contributed by atoms with Gasteiger partial charge in [-0.05, 0) is 29.3 Å². The zero-order valence-corrected chi connectivity index (χ0v) is 15.8. The summed E-state index contributed by atoms with van der Waals surface area (Å²) in [5.41, 5.74) is 0.765. The molecule has 0 radical (unpaired) electrons. The molecule has 29 heavy (non-hydrogen) atoms. The van der Waals surface area contributed by atoms with Crippen LogP contribution in [0.4, 0.5) is 0 Å². The Balaban J connectivity index is 1.25. The summed E-state index contributed by atoms with van der Waals surface area (Å²) in [6.45, 7) is 0.886. The molecule has 144 valence electrons. The maximum atomic E-state index is 12.3. The quantitative estimate of drug-likeness (QED) is 0.500. The first-order valence-corrected chi connectivity index (χ1v) is 9.47. The van der Waals surface area contributed by atoms with Gasteiger partial charge in [-0.3, -0.25) is 19.6 Å². The van der Waals surface area contributed by atoms with E-state index in [1.165, 1.54) is 0 Å². The van der Waals surface area contributed by atoms with Gasteiger partial charge in [-0.15, -0.1) is 0 Å². The second-order valence-electron chi connectivity index (χ2n) is 6.70. The summed E-state index contributed by atoms with van der Waals surface area (Å²) in [5, 5.41) is 9.60. The van der Waals surface area contributed by atoms with Crippen molar-refractivity contribution in [1.82, 2.24) is 20.6 Å². The van der Waals surface area contributed by atoms with Gasteiger partial charge >= 0.3 is 0 Å². The Labute approximate surface area is 168 Å². The van der Waals surface area contributed by atoms with E-state index in [-0.39, 0.29) is 11.8 Å². The molecular weight excluding hydrogens is 364 g/mol. The molecule has 0 saturated carbocycles. The van der Waals surface area contributed by atoms with E-state index in [0.29, 0.717) is 30.9 Å². The van der Waals surface area contributed by atoms with E-state index < -0.39 is 0 Å². The molecule has 2 aromatic heterocycles. The van der Waals surface area contributed by atoms with Crippen molar-refractivity contribution in [1.29, 1.82) is 0 Å². The fourth-order valence-electron chi connectivity index (χ4n) is 3.09. The van der Waals surface area contributed by atoms with E-state index in [4.69, 9.17) is 0 Å². The Morgan fingerprint density at radius 3 is 1.52 bits per heavy atom. The van der Waals surface area contributed by atoms with Crippen molar-refractivity contribution in [2.75, 3.05) is 13.1 Å². The van der Waals surface area contributed by atoms with Gasteiger partial charge in [0.25, 0.3) is 11.8 Å². The van der Waals surface area contributed by atoms with Crippen molar-refractivity contribution < 1.29 is 9.59 Å². The van der Waals surface area contributed by atoms with E-state index in [2.05, 4.69) is 20.6 Å². The van der Waals surface area contributed by atoms with Crippen LogP contribution in [-0.2, 0) is 0 Å². The minimum Gasteiger partial charge on any atom is -0.351 e. The molecule has 4 rings (SSSR count). The Morgan fingerprint density at radius 1 is 0.655 bits per heavy atom. The van der Waals surface area contributed by atoms with Gasteiger partial charge in [0, 0.05) is 36.3 Å². The molecule has 0 aliphatic rings. The number of pyridine rings is 2. The largest absolute Gasteiger partial charge is 0.351 e. The van der Waals surface area contributed by atoms with Crippen molar-refractivity contribution in [2.45, 2.75) is 6.42 Å². The predicted molar refractivity (Wildman–Crippen MR) is 113 cm³/mol. The molecule has 6 nitrogen and oxygen atoms in total. The number of aromatic nitrogens is 2. The molecule has 2 aromatic carbocycles. The lowest BCUT2D eigenvalue weighted by atomic mass is 10.1. The zero-order chi connectivity index (χ0) is 20.1. The number of rotatable bonds is 6. The molecule has 0 bridgehead atoms. The predicted octanol–water partition coefficient (Wildman–Crippen LogP) is 3.33. The molecule has 2 amide bonds. The smallest absolute Gasteiger partial charge is 0.269 e. The first-order chi connectivity index (χ1) is 14.2. The van der Waals surface area contributed by atoms with Crippen molar-refractivity contribution >= 4 is 33.4 Å². The van der Waals surface area contributed by atoms with Crippen LogP contribution in [0.5, 0.6) is 0 Å². The molecule has 0 aliphatic carbocycles. The molecule has 4 aromatic rings. The highest BCUT2D eigenvalue weighted by atomic mass is 16.2. The van der Waals surface area contributed by atoms with Crippen LogP contribution in [0.15, 0.2) is 73.1 Å². The van der Waals surface area contributed by atoms with Crippen molar-refractivity contribution in [3.05, 3.63) is 84.4 Å². The maximum Gasteiger partial charge on any atom is 0.269 e.